The summed E-state index contributed by atoms with van der Waals surface area (Å²) in [6.07, 6.45) is 2.88. The highest BCUT2D eigenvalue weighted by molar-refractivity contribution is 5.86. The Balaban J connectivity index is 1.76. The fourth-order valence-electron chi connectivity index (χ4n) is 4.04. The molecule has 2 aromatic carbocycles. The van der Waals surface area contributed by atoms with Gasteiger partial charge in [-0.25, -0.2) is 0 Å². The number of rotatable bonds is 5. The lowest BCUT2D eigenvalue weighted by molar-refractivity contribution is 0.414. The number of nitrogen functional groups attached to an aromatic ring is 1. The van der Waals surface area contributed by atoms with Gasteiger partial charge in [-0.2, -0.15) is 5.10 Å². The molecule has 6 nitrogen and oxygen atoms in total. The lowest BCUT2D eigenvalue weighted by Gasteiger charge is -2.29. The van der Waals surface area contributed by atoms with E-state index in [1.54, 1.807) is 14.2 Å². The first-order valence-corrected chi connectivity index (χ1v) is 9.94. The van der Waals surface area contributed by atoms with Crippen LogP contribution in [0.25, 0.3) is 11.1 Å². The third-order valence-electron chi connectivity index (χ3n) is 5.60. The highest BCUT2D eigenvalue weighted by Gasteiger charge is 2.26. The van der Waals surface area contributed by atoms with Crippen LogP contribution in [0.5, 0.6) is 11.5 Å². The van der Waals surface area contributed by atoms with E-state index in [0.29, 0.717) is 17.5 Å². The summed E-state index contributed by atoms with van der Waals surface area (Å²) in [6.45, 7) is 6.07. The Morgan fingerprint density at radius 1 is 1.07 bits per heavy atom. The molecular weight excluding hydrogens is 364 g/mol. The summed E-state index contributed by atoms with van der Waals surface area (Å²) in [4.78, 5) is 2.41. The summed E-state index contributed by atoms with van der Waals surface area (Å²) in [5.41, 5.74) is 12.7. The summed E-state index contributed by atoms with van der Waals surface area (Å²) >= 11 is 0. The fourth-order valence-corrected chi connectivity index (χ4v) is 4.04. The summed E-state index contributed by atoms with van der Waals surface area (Å²) < 4.78 is 12.9. The number of methoxy groups -OCH3 is 2. The minimum Gasteiger partial charge on any atom is -0.497 e. The number of nitrogens with zero attached hydrogens (tertiary/aromatic N) is 3. The lowest BCUT2D eigenvalue weighted by Crippen LogP contribution is -2.32. The van der Waals surface area contributed by atoms with Crippen molar-refractivity contribution in [1.29, 1.82) is 0 Å². The Morgan fingerprint density at radius 2 is 1.83 bits per heavy atom. The van der Waals surface area contributed by atoms with Gasteiger partial charge in [0.1, 0.15) is 11.5 Å². The van der Waals surface area contributed by atoms with Crippen LogP contribution in [-0.2, 0) is 13.0 Å². The van der Waals surface area contributed by atoms with Gasteiger partial charge in [0, 0.05) is 47.6 Å². The zero-order chi connectivity index (χ0) is 20.5. The van der Waals surface area contributed by atoms with E-state index in [1.807, 2.05) is 24.4 Å². The summed E-state index contributed by atoms with van der Waals surface area (Å²) in [5, 5.41) is 4.71. The number of fused-ring (bicyclic) bond motifs is 3. The minimum absolute atomic E-state index is 0.370. The van der Waals surface area contributed by atoms with Gasteiger partial charge in [0.2, 0.25) is 0 Å². The molecule has 0 unspecified atom stereocenters. The standard InChI is InChI=1S/C23H28N4O2/c1-15(2)26-10-9-21-19(18-11-20(24)23(29-4)12-22(18)26)13-25-27(21)14-16-5-7-17(28-3)8-6-16/h5-8,11-13,15H,9-10,14,24H2,1-4H3. The molecule has 0 fully saturated rings. The minimum atomic E-state index is 0.370. The van der Waals surface area contributed by atoms with Crippen molar-refractivity contribution in [2.24, 2.45) is 0 Å². The average Bonchev–Trinajstić information content (AvgIpc) is 3.03. The normalized spacial score (nSPS) is 13.1. The number of aromatic nitrogens is 2. The van der Waals surface area contributed by atoms with Crippen LogP contribution in [0.15, 0.2) is 42.6 Å². The van der Waals surface area contributed by atoms with Crippen LogP contribution in [0.3, 0.4) is 0 Å². The molecule has 29 heavy (non-hydrogen) atoms. The number of hydrogen-bond acceptors (Lipinski definition) is 5. The number of anilines is 2. The van der Waals surface area contributed by atoms with Gasteiger partial charge in [-0.1, -0.05) is 12.1 Å². The van der Waals surface area contributed by atoms with Gasteiger partial charge in [-0.05, 0) is 37.6 Å². The van der Waals surface area contributed by atoms with Crippen LogP contribution < -0.4 is 20.1 Å². The highest BCUT2D eigenvalue weighted by Crippen LogP contribution is 2.42. The maximum absolute atomic E-state index is 6.26. The lowest BCUT2D eigenvalue weighted by atomic mass is 10.0. The Bertz CT molecular complexity index is 1010. The van der Waals surface area contributed by atoms with E-state index in [4.69, 9.17) is 20.3 Å². The molecule has 0 amide bonds. The van der Waals surface area contributed by atoms with Gasteiger partial charge in [0.05, 0.1) is 32.6 Å². The molecule has 0 bridgehead atoms. The molecule has 3 aromatic rings. The van der Waals surface area contributed by atoms with Gasteiger partial charge >= 0.3 is 0 Å². The van der Waals surface area contributed by atoms with E-state index in [-0.39, 0.29) is 0 Å². The molecule has 0 aliphatic carbocycles. The predicted molar refractivity (Wildman–Crippen MR) is 117 cm³/mol. The van der Waals surface area contributed by atoms with E-state index in [1.165, 1.54) is 11.3 Å². The van der Waals surface area contributed by atoms with E-state index >= 15 is 0 Å². The van der Waals surface area contributed by atoms with Crippen molar-refractivity contribution in [2.75, 3.05) is 31.4 Å². The third kappa shape index (κ3) is 3.50. The van der Waals surface area contributed by atoms with Crippen LogP contribution in [0.2, 0.25) is 0 Å². The molecule has 0 spiro atoms. The summed E-state index contributed by atoms with van der Waals surface area (Å²) in [7, 11) is 3.34. The highest BCUT2D eigenvalue weighted by atomic mass is 16.5. The van der Waals surface area contributed by atoms with Crippen molar-refractivity contribution in [2.45, 2.75) is 32.9 Å². The first kappa shape index (κ1) is 19.2. The molecule has 1 aliphatic heterocycles. The second-order valence-electron chi connectivity index (χ2n) is 7.66. The Morgan fingerprint density at radius 3 is 2.48 bits per heavy atom. The van der Waals surface area contributed by atoms with Gasteiger partial charge in [0.15, 0.2) is 0 Å². The quantitative estimate of drug-likeness (QED) is 0.666. The monoisotopic (exact) mass is 392 g/mol. The summed E-state index contributed by atoms with van der Waals surface area (Å²) in [6, 6.07) is 12.6. The maximum atomic E-state index is 6.26. The van der Waals surface area contributed by atoms with E-state index in [9.17, 15) is 0 Å². The largest absolute Gasteiger partial charge is 0.497 e. The molecule has 0 atom stereocenters. The molecule has 4 rings (SSSR count). The molecule has 2 heterocycles. The fraction of sp³-hybridized carbons (Fsp3) is 0.348. The first-order chi connectivity index (χ1) is 14.0. The molecule has 0 radical (unpaired) electrons. The zero-order valence-corrected chi connectivity index (χ0v) is 17.5. The van der Waals surface area contributed by atoms with Crippen molar-refractivity contribution in [3.05, 3.63) is 53.9 Å². The number of nitrogens with two attached hydrogens (primary N) is 1. The van der Waals surface area contributed by atoms with Crippen LogP contribution in [0.1, 0.15) is 25.1 Å². The van der Waals surface area contributed by atoms with E-state index in [2.05, 4.69) is 41.6 Å². The second-order valence-corrected chi connectivity index (χ2v) is 7.66. The molecule has 0 saturated heterocycles. The molecule has 6 heteroatoms. The van der Waals surface area contributed by atoms with E-state index < -0.39 is 0 Å². The smallest absolute Gasteiger partial charge is 0.143 e. The number of hydrogen-bond donors (Lipinski definition) is 1. The second kappa shape index (κ2) is 7.70. The van der Waals surface area contributed by atoms with Crippen LogP contribution in [-0.4, -0.2) is 36.6 Å². The molecular formula is C23H28N4O2. The van der Waals surface area contributed by atoms with Crippen LogP contribution >= 0.6 is 0 Å². The zero-order valence-electron chi connectivity index (χ0n) is 17.5. The van der Waals surface area contributed by atoms with Crippen LogP contribution in [0, 0.1) is 0 Å². The number of ether oxygens (including phenoxy) is 2. The summed E-state index contributed by atoms with van der Waals surface area (Å²) in [5.74, 6) is 1.57. The van der Waals surface area contributed by atoms with E-state index in [0.717, 1.165) is 42.1 Å². The van der Waals surface area contributed by atoms with Gasteiger partial charge in [-0.15, -0.1) is 0 Å². The predicted octanol–water partition coefficient (Wildman–Crippen LogP) is 3.97. The molecule has 1 aliphatic rings. The van der Waals surface area contributed by atoms with Crippen molar-refractivity contribution < 1.29 is 9.47 Å². The Hall–Kier alpha value is -3.15. The topological polar surface area (TPSA) is 65.5 Å². The first-order valence-electron chi connectivity index (χ1n) is 9.94. The van der Waals surface area contributed by atoms with Crippen molar-refractivity contribution in [3.63, 3.8) is 0 Å². The van der Waals surface area contributed by atoms with Gasteiger partial charge in [-0.3, -0.25) is 4.68 Å². The molecule has 1 aromatic heterocycles. The molecule has 0 saturated carbocycles. The van der Waals surface area contributed by atoms with Gasteiger partial charge in [0.25, 0.3) is 0 Å². The Kier molecular flexibility index (Phi) is 5.09. The average molecular weight is 393 g/mol. The third-order valence-corrected chi connectivity index (χ3v) is 5.60. The molecule has 152 valence electrons. The Labute approximate surface area is 171 Å². The van der Waals surface area contributed by atoms with Crippen LogP contribution in [0.4, 0.5) is 11.4 Å². The van der Waals surface area contributed by atoms with Gasteiger partial charge < -0.3 is 20.1 Å². The maximum Gasteiger partial charge on any atom is 0.143 e. The van der Waals surface area contributed by atoms with Crippen molar-refractivity contribution in [1.82, 2.24) is 9.78 Å². The SMILES string of the molecule is COc1ccc(Cn2ncc3c2CCN(C(C)C)c2cc(OC)c(N)cc2-3)cc1. The number of benzene rings is 2. The molecule has 2 N–H and O–H groups in total. The van der Waals surface area contributed by atoms with Crippen molar-refractivity contribution >= 4 is 11.4 Å². The van der Waals surface area contributed by atoms with Crippen molar-refractivity contribution in [3.8, 4) is 22.6 Å².